The topological polar surface area (TPSA) is 77.8 Å². The first-order chi connectivity index (χ1) is 10.1. The number of carbonyl (C=O) groups is 2. The normalized spacial score (nSPS) is 18.2. The van der Waals surface area contributed by atoms with E-state index in [1.807, 2.05) is 4.90 Å². The van der Waals surface area contributed by atoms with Crippen molar-refractivity contribution in [2.45, 2.75) is 38.1 Å². The Morgan fingerprint density at radius 3 is 2.62 bits per heavy atom. The largest absolute Gasteiger partial charge is 0.478 e. The maximum atomic E-state index is 11.9. The fourth-order valence-corrected chi connectivity index (χ4v) is 2.79. The molecule has 1 aliphatic rings. The lowest BCUT2D eigenvalue weighted by atomic mass is 10.1. The Kier molecular flexibility index (Phi) is 5.33. The summed E-state index contributed by atoms with van der Waals surface area (Å²) in [6.07, 6.45) is 3.76. The molecule has 2 N–H and O–H groups in total. The summed E-state index contributed by atoms with van der Waals surface area (Å²) in [5.41, 5.74) is 1.30. The van der Waals surface area contributed by atoms with Crippen LogP contribution in [0, 0.1) is 0 Å². The number of aromatic carboxylic acids is 1. The molecule has 0 saturated carbocycles. The number of amides is 1. The minimum atomic E-state index is -0.930. The van der Waals surface area contributed by atoms with Gasteiger partial charge in [0.05, 0.1) is 5.56 Å². The van der Waals surface area contributed by atoms with Crippen LogP contribution in [0.1, 0.15) is 41.6 Å². The lowest BCUT2D eigenvalue weighted by Crippen LogP contribution is -2.34. The van der Waals surface area contributed by atoms with Gasteiger partial charge in [-0.15, -0.1) is 0 Å². The molecule has 1 amide bonds. The van der Waals surface area contributed by atoms with Crippen molar-refractivity contribution in [2.75, 3.05) is 13.2 Å². The Morgan fingerprint density at radius 2 is 2.00 bits per heavy atom. The molecule has 1 heterocycles. The number of carbonyl (C=O) groups excluding carboxylic acids is 1. The van der Waals surface area contributed by atoms with Crippen molar-refractivity contribution in [1.82, 2.24) is 4.90 Å². The first-order valence-corrected chi connectivity index (χ1v) is 7.34. The summed E-state index contributed by atoms with van der Waals surface area (Å²) >= 11 is 0. The number of aliphatic hydroxyl groups excluding tert-OH is 1. The highest BCUT2D eigenvalue weighted by Crippen LogP contribution is 2.23. The average molecular weight is 291 g/mol. The van der Waals surface area contributed by atoms with Gasteiger partial charge in [-0.1, -0.05) is 12.1 Å². The summed E-state index contributed by atoms with van der Waals surface area (Å²) < 4.78 is 0. The minimum Gasteiger partial charge on any atom is -0.478 e. The summed E-state index contributed by atoms with van der Waals surface area (Å²) in [4.78, 5) is 24.6. The van der Waals surface area contributed by atoms with Crippen LogP contribution in [0.3, 0.4) is 0 Å². The summed E-state index contributed by atoms with van der Waals surface area (Å²) in [7, 11) is 0. The van der Waals surface area contributed by atoms with Crippen molar-refractivity contribution in [3.63, 3.8) is 0 Å². The molecule has 5 heteroatoms. The third-order valence-corrected chi connectivity index (χ3v) is 3.99. The molecule has 5 nitrogen and oxygen atoms in total. The van der Waals surface area contributed by atoms with E-state index in [0.717, 1.165) is 31.2 Å². The highest BCUT2D eigenvalue weighted by Gasteiger charge is 2.29. The fraction of sp³-hybridized carbons (Fsp3) is 0.500. The third kappa shape index (κ3) is 4.04. The zero-order valence-corrected chi connectivity index (χ0v) is 12.0. The van der Waals surface area contributed by atoms with Crippen molar-refractivity contribution in [1.29, 1.82) is 0 Å². The van der Waals surface area contributed by atoms with Gasteiger partial charge in [-0.3, -0.25) is 4.79 Å². The van der Waals surface area contributed by atoms with Crippen LogP contribution >= 0.6 is 0 Å². The van der Waals surface area contributed by atoms with Crippen LogP contribution in [0.4, 0.5) is 0 Å². The molecule has 0 radical (unpaired) electrons. The first-order valence-electron chi connectivity index (χ1n) is 7.34. The van der Waals surface area contributed by atoms with E-state index in [9.17, 15) is 9.59 Å². The van der Waals surface area contributed by atoms with Crippen LogP contribution in [-0.4, -0.2) is 46.2 Å². The molecule has 21 heavy (non-hydrogen) atoms. The third-order valence-electron chi connectivity index (χ3n) is 3.99. The van der Waals surface area contributed by atoms with Gasteiger partial charge >= 0.3 is 5.97 Å². The Bertz CT molecular complexity index is 498. The van der Waals surface area contributed by atoms with Crippen molar-refractivity contribution < 1.29 is 19.8 Å². The molecule has 1 saturated heterocycles. The number of rotatable bonds is 7. The van der Waals surface area contributed by atoms with Crippen LogP contribution in [0.2, 0.25) is 0 Å². The Morgan fingerprint density at radius 1 is 1.29 bits per heavy atom. The number of aliphatic hydroxyl groups is 1. The second-order valence-electron chi connectivity index (χ2n) is 5.40. The zero-order valence-electron chi connectivity index (χ0n) is 12.0. The molecule has 1 aromatic rings. The van der Waals surface area contributed by atoms with E-state index >= 15 is 0 Å². The fourth-order valence-electron chi connectivity index (χ4n) is 2.79. The van der Waals surface area contributed by atoms with Gasteiger partial charge in [0.1, 0.15) is 0 Å². The predicted octanol–water partition coefficient (Wildman–Crippen LogP) is 1.69. The van der Waals surface area contributed by atoms with Crippen molar-refractivity contribution in [2.24, 2.45) is 0 Å². The lowest BCUT2D eigenvalue weighted by molar-refractivity contribution is -0.129. The molecule has 1 aromatic carbocycles. The molecule has 1 aliphatic heterocycles. The maximum Gasteiger partial charge on any atom is 0.335 e. The number of nitrogens with zero attached hydrogens (tertiary/aromatic N) is 1. The van der Waals surface area contributed by atoms with Crippen LogP contribution in [-0.2, 0) is 11.2 Å². The minimum absolute atomic E-state index is 0.162. The summed E-state index contributed by atoms with van der Waals surface area (Å²) in [6, 6.07) is 7.02. The molecular weight excluding hydrogens is 270 g/mol. The van der Waals surface area contributed by atoms with Gasteiger partial charge in [0.2, 0.25) is 5.91 Å². The van der Waals surface area contributed by atoms with E-state index in [1.165, 1.54) is 0 Å². The molecule has 0 bridgehead atoms. The van der Waals surface area contributed by atoms with Crippen LogP contribution in [0.15, 0.2) is 24.3 Å². The standard InChI is InChI=1S/C16H21NO4/c18-11-1-2-14-7-8-15(19)17(14)10-9-12-3-5-13(6-4-12)16(20)21/h3-6,14,18H,1-2,7-11H2,(H,20,21). The molecule has 1 atom stereocenters. The number of likely N-dealkylation sites (tertiary alicyclic amines) is 1. The lowest BCUT2D eigenvalue weighted by Gasteiger charge is -2.24. The van der Waals surface area contributed by atoms with Crippen LogP contribution in [0.25, 0.3) is 0 Å². The molecule has 0 aliphatic carbocycles. The van der Waals surface area contributed by atoms with E-state index in [0.29, 0.717) is 13.0 Å². The van der Waals surface area contributed by atoms with Gasteiger partial charge in [-0.25, -0.2) is 4.79 Å². The van der Waals surface area contributed by atoms with Gasteiger partial charge in [0.25, 0.3) is 0 Å². The van der Waals surface area contributed by atoms with Crippen LogP contribution < -0.4 is 0 Å². The van der Waals surface area contributed by atoms with Crippen molar-refractivity contribution in [3.05, 3.63) is 35.4 Å². The highest BCUT2D eigenvalue weighted by molar-refractivity contribution is 5.87. The number of carboxylic acid groups (broad SMARTS) is 1. The Hall–Kier alpha value is -1.88. The van der Waals surface area contributed by atoms with E-state index in [1.54, 1.807) is 24.3 Å². The van der Waals surface area contributed by atoms with Crippen molar-refractivity contribution in [3.8, 4) is 0 Å². The van der Waals surface area contributed by atoms with E-state index in [4.69, 9.17) is 10.2 Å². The Balaban J connectivity index is 1.91. The number of hydrogen-bond donors (Lipinski definition) is 2. The number of hydrogen-bond acceptors (Lipinski definition) is 3. The van der Waals surface area contributed by atoms with Crippen LogP contribution in [0.5, 0.6) is 0 Å². The second kappa shape index (κ2) is 7.22. The molecule has 114 valence electrons. The zero-order chi connectivity index (χ0) is 15.2. The van der Waals surface area contributed by atoms with Gasteiger partial charge in [-0.2, -0.15) is 0 Å². The molecule has 2 rings (SSSR count). The molecule has 0 aromatic heterocycles. The number of benzene rings is 1. The first kappa shape index (κ1) is 15.5. The molecule has 1 unspecified atom stereocenters. The van der Waals surface area contributed by atoms with Gasteiger partial charge in [0.15, 0.2) is 0 Å². The van der Waals surface area contributed by atoms with Gasteiger partial charge in [0, 0.05) is 25.6 Å². The van der Waals surface area contributed by atoms with E-state index in [2.05, 4.69) is 0 Å². The quantitative estimate of drug-likeness (QED) is 0.801. The predicted molar refractivity (Wildman–Crippen MR) is 78.2 cm³/mol. The smallest absolute Gasteiger partial charge is 0.335 e. The summed E-state index contributed by atoms with van der Waals surface area (Å²) in [5, 5.41) is 17.8. The number of carboxylic acids is 1. The van der Waals surface area contributed by atoms with E-state index < -0.39 is 5.97 Å². The van der Waals surface area contributed by atoms with Crippen molar-refractivity contribution >= 4 is 11.9 Å². The average Bonchev–Trinajstić information content (AvgIpc) is 2.83. The van der Waals surface area contributed by atoms with Gasteiger partial charge < -0.3 is 15.1 Å². The monoisotopic (exact) mass is 291 g/mol. The second-order valence-corrected chi connectivity index (χ2v) is 5.40. The van der Waals surface area contributed by atoms with E-state index in [-0.39, 0.29) is 24.1 Å². The highest BCUT2D eigenvalue weighted by atomic mass is 16.4. The van der Waals surface area contributed by atoms with Gasteiger partial charge in [-0.05, 0) is 43.4 Å². The SMILES string of the molecule is O=C(O)c1ccc(CCN2C(=O)CCC2CCCO)cc1. The maximum absolute atomic E-state index is 11.9. The molecule has 0 spiro atoms. The summed E-state index contributed by atoms with van der Waals surface area (Å²) in [6.45, 7) is 0.816. The summed E-state index contributed by atoms with van der Waals surface area (Å²) in [5.74, 6) is -0.750. The molecule has 1 fully saturated rings. The molecular formula is C16H21NO4. The Labute approximate surface area is 124 Å².